The number of rotatable bonds is 5. The maximum atomic E-state index is 13.5. The van der Waals surface area contributed by atoms with Gasteiger partial charge in [-0.15, -0.1) is 0 Å². The van der Waals surface area contributed by atoms with Crippen molar-refractivity contribution >= 4 is 5.69 Å². The molecule has 1 rings (SSSR count). The summed E-state index contributed by atoms with van der Waals surface area (Å²) in [7, 11) is 0. The summed E-state index contributed by atoms with van der Waals surface area (Å²) in [6.45, 7) is 6.47. The molecule has 0 radical (unpaired) electrons. The first-order valence-corrected chi connectivity index (χ1v) is 5.85. The monoisotopic (exact) mass is 241 g/mol. The molecule has 0 aliphatic carbocycles. The molecular weight excluding hydrogens is 221 g/mol. The van der Waals surface area contributed by atoms with Crippen molar-refractivity contribution in [2.45, 2.75) is 26.9 Å². The number of aliphatic hydroxyl groups is 2. The van der Waals surface area contributed by atoms with Crippen LogP contribution in [0.4, 0.5) is 10.1 Å². The van der Waals surface area contributed by atoms with Gasteiger partial charge in [0, 0.05) is 24.3 Å². The molecule has 0 heterocycles. The van der Waals surface area contributed by atoms with E-state index in [2.05, 4.69) is 0 Å². The minimum atomic E-state index is -0.729. The average molecular weight is 241 g/mol. The molecule has 0 spiro atoms. The Labute approximate surface area is 101 Å². The van der Waals surface area contributed by atoms with E-state index in [0.717, 1.165) is 5.69 Å². The number of halogens is 1. The van der Waals surface area contributed by atoms with Gasteiger partial charge in [0.1, 0.15) is 5.82 Å². The molecule has 0 amide bonds. The van der Waals surface area contributed by atoms with Crippen molar-refractivity contribution in [3.8, 4) is 0 Å². The lowest BCUT2D eigenvalue weighted by Crippen LogP contribution is -2.27. The van der Waals surface area contributed by atoms with Gasteiger partial charge >= 0.3 is 0 Å². The number of hydrogen-bond acceptors (Lipinski definition) is 3. The minimum absolute atomic E-state index is 0.0313. The third-order valence-corrected chi connectivity index (χ3v) is 2.85. The highest BCUT2D eigenvalue weighted by Gasteiger charge is 2.15. The van der Waals surface area contributed by atoms with Crippen LogP contribution in [0.25, 0.3) is 0 Å². The van der Waals surface area contributed by atoms with E-state index in [9.17, 15) is 9.50 Å². The van der Waals surface area contributed by atoms with Crippen LogP contribution in [-0.4, -0.2) is 29.9 Å². The first-order chi connectivity index (χ1) is 8.01. The Morgan fingerprint density at radius 3 is 2.53 bits per heavy atom. The SMILES string of the molecule is CCN(CCO)c1cc(C)c(F)cc1C(C)O. The molecule has 0 bridgehead atoms. The Morgan fingerprint density at radius 2 is 2.06 bits per heavy atom. The summed E-state index contributed by atoms with van der Waals surface area (Å²) < 4.78 is 13.5. The maximum Gasteiger partial charge on any atom is 0.126 e. The van der Waals surface area contributed by atoms with Gasteiger partial charge in [-0.3, -0.25) is 0 Å². The van der Waals surface area contributed by atoms with Crippen LogP contribution in [0.3, 0.4) is 0 Å². The molecule has 1 aromatic carbocycles. The molecule has 0 aliphatic heterocycles. The fourth-order valence-electron chi connectivity index (χ4n) is 1.86. The first-order valence-electron chi connectivity index (χ1n) is 5.85. The fraction of sp³-hybridized carbons (Fsp3) is 0.538. The summed E-state index contributed by atoms with van der Waals surface area (Å²) in [4.78, 5) is 1.93. The van der Waals surface area contributed by atoms with Crippen LogP contribution in [0.5, 0.6) is 0 Å². The second kappa shape index (κ2) is 5.98. The molecule has 2 N–H and O–H groups in total. The van der Waals surface area contributed by atoms with Gasteiger partial charge in [-0.25, -0.2) is 4.39 Å². The predicted octanol–water partition coefficient (Wildman–Crippen LogP) is 2.01. The molecule has 0 saturated heterocycles. The Kier molecular flexibility index (Phi) is 4.90. The zero-order valence-electron chi connectivity index (χ0n) is 10.6. The lowest BCUT2D eigenvalue weighted by atomic mass is 10.0. The van der Waals surface area contributed by atoms with E-state index in [0.29, 0.717) is 24.2 Å². The van der Waals surface area contributed by atoms with Gasteiger partial charge in [-0.05, 0) is 38.5 Å². The average Bonchev–Trinajstić information content (AvgIpc) is 2.29. The number of hydrogen-bond donors (Lipinski definition) is 2. The summed E-state index contributed by atoms with van der Waals surface area (Å²) in [6.07, 6.45) is -0.729. The van der Waals surface area contributed by atoms with Gasteiger partial charge in [-0.2, -0.15) is 0 Å². The summed E-state index contributed by atoms with van der Waals surface area (Å²) in [5, 5.41) is 18.7. The van der Waals surface area contributed by atoms with E-state index in [-0.39, 0.29) is 12.4 Å². The van der Waals surface area contributed by atoms with Crippen molar-refractivity contribution in [1.29, 1.82) is 0 Å². The molecule has 0 fully saturated rings. The van der Waals surface area contributed by atoms with E-state index in [4.69, 9.17) is 5.11 Å². The highest BCUT2D eigenvalue weighted by molar-refractivity contribution is 5.56. The molecule has 0 saturated carbocycles. The lowest BCUT2D eigenvalue weighted by molar-refractivity contribution is 0.199. The normalized spacial score (nSPS) is 12.6. The predicted molar refractivity (Wildman–Crippen MR) is 66.7 cm³/mol. The Morgan fingerprint density at radius 1 is 1.41 bits per heavy atom. The first kappa shape index (κ1) is 13.9. The summed E-state index contributed by atoms with van der Waals surface area (Å²) >= 11 is 0. The zero-order chi connectivity index (χ0) is 13.0. The summed E-state index contributed by atoms with van der Waals surface area (Å²) in [6, 6.07) is 3.09. The quantitative estimate of drug-likeness (QED) is 0.828. The van der Waals surface area contributed by atoms with E-state index < -0.39 is 6.10 Å². The maximum absolute atomic E-state index is 13.5. The second-order valence-electron chi connectivity index (χ2n) is 4.14. The molecule has 0 aliphatic rings. The molecule has 17 heavy (non-hydrogen) atoms. The molecule has 96 valence electrons. The number of aryl methyl sites for hydroxylation is 1. The van der Waals surface area contributed by atoms with Crippen molar-refractivity contribution in [3.63, 3.8) is 0 Å². The van der Waals surface area contributed by atoms with Crippen LogP contribution in [0.15, 0.2) is 12.1 Å². The van der Waals surface area contributed by atoms with Crippen molar-refractivity contribution in [3.05, 3.63) is 29.1 Å². The molecule has 1 atom stereocenters. The van der Waals surface area contributed by atoms with E-state index in [1.165, 1.54) is 6.07 Å². The molecule has 4 heteroatoms. The summed E-state index contributed by atoms with van der Waals surface area (Å²) in [5.41, 5.74) is 1.89. The third-order valence-electron chi connectivity index (χ3n) is 2.85. The van der Waals surface area contributed by atoms with Crippen LogP contribution in [-0.2, 0) is 0 Å². The lowest BCUT2D eigenvalue weighted by Gasteiger charge is -2.26. The number of anilines is 1. The van der Waals surface area contributed by atoms with Crippen LogP contribution in [0.1, 0.15) is 31.1 Å². The zero-order valence-corrected chi connectivity index (χ0v) is 10.6. The van der Waals surface area contributed by atoms with Crippen LogP contribution < -0.4 is 4.90 Å². The van der Waals surface area contributed by atoms with Crippen molar-refractivity contribution in [2.24, 2.45) is 0 Å². The molecule has 3 nitrogen and oxygen atoms in total. The van der Waals surface area contributed by atoms with E-state index in [1.807, 2.05) is 11.8 Å². The highest BCUT2D eigenvalue weighted by atomic mass is 19.1. The van der Waals surface area contributed by atoms with Gasteiger partial charge in [0.2, 0.25) is 0 Å². The van der Waals surface area contributed by atoms with Crippen molar-refractivity contribution < 1.29 is 14.6 Å². The number of benzene rings is 1. The Bertz CT molecular complexity index is 380. The smallest absolute Gasteiger partial charge is 0.126 e. The minimum Gasteiger partial charge on any atom is -0.395 e. The molecule has 0 aromatic heterocycles. The van der Waals surface area contributed by atoms with Gasteiger partial charge in [-0.1, -0.05) is 0 Å². The molecule has 1 unspecified atom stereocenters. The third kappa shape index (κ3) is 3.17. The van der Waals surface area contributed by atoms with Crippen molar-refractivity contribution in [2.75, 3.05) is 24.6 Å². The van der Waals surface area contributed by atoms with Gasteiger partial charge in [0.05, 0.1) is 12.7 Å². The number of nitrogens with zero attached hydrogens (tertiary/aromatic N) is 1. The van der Waals surface area contributed by atoms with Gasteiger partial charge in [0.25, 0.3) is 0 Å². The van der Waals surface area contributed by atoms with Crippen LogP contribution in [0.2, 0.25) is 0 Å². The van der Waals surface area contributed by atoms with E-state index >= 15 is 0 Å². The van der Waals surface area contributed by atoms with Gasteiger partial charge in [0.15, 0.2) is 0 Å². The molecule has 1 aromatic rings. The Hall–Kier alpha value is -1.13. The second-order valence-corrected chi connectivity index (χ2v) is 4.14. The number of likely N-dealkylation sites (N-methyl/N-ethyl adjacent to an activating group) is 1. The van der Waals surface area contributed by atoms with Gasteiger partial charge < -0.3 is 15.1 Å². The van der Waals surface area contributed by atoms with Crippen LogP contribution >= 0.6 is 0 Å². The van der Waals surface area contributed by atoms with Crippen molar-refractivity contribution in [1.82, 2.24) is 0 Å². The van der Waals surface area contributed by atoms with E-state index in [1.54, 1.807) is 19.9 Å². The largest absolute Gasteiger partial charge is 0.395 e. The van der Waals surface area contributed by atoms with Crippen LogP contribution in [0, 0.1) is 12.7 Å². The topological polar surface area (TPSA) is 43.7 Å². The fourth-order valence-corrected chi connectivity index (χ4v) is 1.86. The Balaban J connectivity index is 3.23. The summed E-state index contributed by atoms with van der Waals surface area (Å²) in [5.74, 6) is -0.315. The number of aliphatic hydroxyl groups excluding tert-OH is 2. The standard InChI is InChI=1S/C13H20FNO2/c1-4-15(5-6-16)13-7-9(2)12(14)8-11(13)10(3)17/h7-8,10,16-17H,4-6H2,1-3H3. The highest BCUT2D eigenvalue weighted by Crippen LogP contribution is 2.29. The molecular formula is C13H20FNO2.